The van der Waals surface area contributed by atoms with Crippen molar-refractivity contribution in [1.82, 2.24) is 9.97 Å². The van der Waals surface area contributed by atoms with Crippen LogP contribution in [0.5, 0.6) is 0 Å². The molecular formula is C26H16IrN2S2-2. The number of nitrogens with zero attached hydrogens (tertiary/aromatic N) is 2. The number of hydrogen-bond acceptors (Lipinski definition) is 4. The van der Waals surface area contributed by atoms with Crippen molar-refractivity contribution in [3.05, 3.63) is 109 Å². The van der Waals surface area contributed by atoms with Crippen molar-refractivity contribution in [2.75, 3.05) is 0 Å². The molecule has 0 unspecified atom stereocenters. The molecule has 0 saturated carbocycles. The summed E-state index contributed by atoms with van der Waals surface area (Å²) >= 11 is 3.46. The van der Waals surface area contributed by atoms with E-state index in [2.05, 4.69) is 58.5 Å². The predicted molar refractivity (Wildman–Crippen MR) is 128 cm³/mol. The Hall–Kier alpha value is -2.69. The third kappa shape index (κ3) is 4.97. The van der Waals surface area contributed by atoms with E-state index >= 15 is 0 Å². The Morgan fingerprint density at radius 3 is 1.32 bits per heavy atom. The second-order valence-corrected chi connectivity index (χ2v) is 8.64. The smallest absolute Gasteiger partial charge is 0.0161 e. The summed E-state index contributed by atoms with van der Waals surface area (Å²) in [5, 5.41) is 2.34. The van der Waals surface area contributed by atoms with Gasteiger partial charge in [-0.15, -0.1) is 47.2 Å². The van der Waals surface area contributed by atoms with Crippen LogP contribution in [-0.2, 0) is 20.1 Å². The summed E-state index contributed by atoms with van der Waals surface area (Å²) < 4.78 is 2.52. The molecule has 4 heterocycles. The largest absolute Gasteiger partial charge is 0.303 e. The van der Waals surface area contributed by atoms with Gasteiger partial charge in [0.15, 0.2) is 0 Å². The molecule has 6 rings (SSSR count). The monoisotopic (exact) mass is 613 g/mol. The topological polar surface area (TPSA) is 25.8 Å². The van der Waals surface area contributed by atoms with Gasteiger partial charge in [-0.1, -0.05) is 48.5 Å². The number of benzene rings is 2. The maximum Gasteiger partial charge on any atom is 0.0161 e. The third-order valence-corrected chi connectivity index (χ3v) is 6.67. The maximum atomic E-state index is 4.32. The van der Waals surface area contributed by atoms with Gasteiger partial charge in [0.1, 0.15) is 0 Å². The molecule has 0 N–H and O–H groups in total. The molecule has 1 radical (unpaired) electrons. The fourth-order valence-corrected chi connectivity index (χ4v) is 5.02. The van der Waals surface area contributed by atoms with Crippen molar-refractivity contribution in [1.29, 1.82) is 0 Å². The van der Waals surface area contributed by atoms with Crippen LogP contribution in [0.15, 0.2) is 97.3 Å². The Balaban J connectivity index is 0.000000144. The van der Waals surface area contributed by atoms with E-state index in [1.165, 1.54) is 20.2 Å². The fraction of sp³-hybridized carbons (Fsp3) is 0. The van der Waals surface area contributed by atoms with E-state index in [0.29, 0.717) is 0 Å². The summed E-state index contributed by atoms with van der Waals surface area (Å²) in [5.41, 5.74) is 2.00. The zero-order chi connectivity index (χ0) is 20.2. The Labute approximate surface area is 202 Å². The maximum absolute atomic E-state index is 4.32. The van der Waals surface area contributed by atoms with Gasteiger partial charge in [0.05, 0.1) is 0 Å². The minimum atomic E-state index is 0. The van der Waals surface area contributed by atoms with Crippen molar-refractivity contribution >= 4 is 42.8 Å². The second kappa shape index (κ2) is 10.1. The van der Waals surface area contributed by atoms with Gasteiger partial charge in [-0.05, 0) is 31.3 Å². The Morgan fingerprint density at radius 1 is 0.516 bits per heavy atom. The van der Waals surface area contributed by atoms with E-state index in [0.717, 1.165) is 21.1 Å². The fourth-order valence-electron chi connectivity index (χ4n) is 3.06. The van der Waals surface area contributed by atoms with Gasteiger partial charge < -0.3 is 9.97 Å². The van der Waals surface area contributed by atoms with Crippen LogP contribution in [-0.4, -0.2) is 9.97 Å². The van der Waals surface area contributed by atoms with Crippen molar-refractivity contribution in [2.24, 2.45) is 0 Å². The van der Waals surface area contributed by atoms with E-state index in [4.69, 9.17) is 0 Å². The van der Waals surface area contributed by atoms with Gasteiger partial charge in [-0.25, -0.2) is 22.7 Å². The van der Waals surface area contributed by atoms with Crippen molar-refractivity contribution in [3.8, 4) is 21.1 Å². The average Bonchev–Trinajstić information content (AvgIpc) is 3.45. The van der Waals surface area contributed by atoms with Gasteiger partial charge in [0.2, 0.25) is 0 Å². The minimum absolute atomic E-state index is 0. The van der Waals surface area contributed by atoms with Gasteiger partial charge in [0.25, 0.3) is 0 Å². The molecule has 0 fully saturated rings. The van der Waals surface area contributed by atoms with Crippen LogP contribution >= 0.6 is 22.7 Å². The molecule has 0 aliphatic rings. The predicted octanol–water partition coefficient (Wildman–Crippen LogP) is 7.52. The number of aromatic nitrogens is 2. The van der Waals surface area contributed by atoms with E-state index in [-0.39, 0.29) is 20.1 Å². The molecule has 4 aromatic heterocycles. The molecule has 0 aliphatic carbocycles. The van der Waals surface area contributed by atoms with Crippen molar-refractivity contribution < 1.29 is 20.1 Å². The zero-order valence-corrected chi connectivity index (χ0v) is 20.3. The standard InChI is InChI=1S/2C13H8NS.Ir/c2*1-2-7-12-10(5-1)9-13(15-12)11-6-3-4-8-14-11;/h2*1-8H;/q2*-1;. The molecule has 31 heavy (non-hydrogen) atoms. The molecule has 0 aliphatic heterocycles. The van der Waals surface area contributed by atoms with E-state index in [1.54, 1.807) is 22.7 Å². The molecule has 2 nitrogen and oxygen atoms in total. The quantitative estimate of drug-likeness (QED) is 0.189. The first-order valence-corrected chi connectivity index (χ1v) is 11.1. The first kappa shape index (κ1) is 21.5. The molecule has 0 bridgehead atoms. The molecule has 5 heteroatoms. The molecule has 0 amide bonds. The molecule has 6 aromatic rings. The number of pyridine rings is 2. The number of fused-ring (bicyclic) bond motifs is 2. The Bertz CT molecular complexity index is 1220. The van der Waals surface area contributed by atoms with Crippen LogP contribution in [0.25, 0.3) is 41.3 Å². The van der Waals surface area contributed by atoms with Gasteiger partial charge in [-0.3, -0.25) is 0 Å². The molecule has 0 spiro atoms. The molecular weight excluding hydrogens is 597 g/mol. The summed E-state index contributed by atoms with van der Waals surface area (Å²) in [5.74, 6) is 0. The third-order valence-electron chi connectivity index (χ3n) is 4.49. The van der Waals surface area contributed by atoms with Crippen LogP contribution in [0, 0.1) is 12.1 Å². The van der Waals surface area contributed by atoms with Crippen LogP contribution < -0.4 is 0 Å². The Morgan fingerprint density at radius 2 is 0.935 bits per heavy atom. The van der Waals surface area contributed by atoms with Crippen LogP contribution in [0.3, 0.4) is 0 Å². The average molecular weight is 613 g/mol. The summed E-state index contributed by atoms with van der Waals surface area (Å²) in [6, 6.07) is 35.2. The van der Waals surface area contributed by atoms with Gasteiger partial charge in [0, 0.05) is 43.9 Å². The summed E-state index contributed by atoms with van der Waals surface area (Å²) in [7, 11) is 0. The summed E-state index contributed by atoms with van der Waals surface area (Å²) in [4.78, 5) is 10.9. The SMILES string of the molecule is [Ir].[c-]1c(-c2ccccn2)sc2ccccc12.[c-]1c(-c2ccccn2)sc2ccccc12. The van der Waals surface area contributed by atoms with Gasteiger partial charge in [-0.2, -0.15) is 0 Å². The number of hydrogen-bond donors (Lipinski definition) is 0. The summed E-state index contributed by atoms with van der Waals surface area (Å²) in [6.45, 7) is 0. The van der Waals surface area contributed by atoms with E-state index in [1.807, 2.05) is 60.9 Å². The van der Waals surface area contributed by atoms with Crippen molar-refractivity contribution in [3.63, 3.8) is 0 Å². The van der Waals surface area contributed by atoms with Gasteiger partial charge >= 0.3 is 0 Å². The van der Waals surface area contributed by atoms with Crippen LogP contribution in [0.1, 0.15) is 0 Å². The normalized spacial score (nSPS) is 10.3. The van der Waals surface area contributed by atoms with Crippen LogP contribution in [0.2, 0.25) is 0 Å². The minimum Gasteiger partial charge on any atom is -0.303 e. The van der Waals surface area contributed by atoms with E-state index < -0.39 is 0 Å². The first-order valence-electron chi connectivity index (χ1n) is 9.51. The molecule has 0 saturated heterocycles. The Kier molecular flexibility index (Phi) is 7.00. The molecule has 2 aromatic carbocycles. The molecule has 0 atom stereocenters. The van der Waals surface area contributed by atoms with E-state index in [9.17, 15) is 0 Å². The number of rotatable bonds is 2. The second-order valence-electron chi connectivity index (χ2n) is 6.53. The van der Waals surface area contributed by atoms with Crippen molar-refractivity contribution in [2.45, 2.75) is 0 Å². The summed E-state index contributed by atoms with van der Waals surface area (Å²) in [6.07, 6.45) is 3.63. The first-order chi connectivity index (χ1) is 14.9. The molecule has 153 valence electrons. The van der Waals surface area contributed by atoms with Crippen LogP contribution in [0.4, 0.5) is 0 Å². The zero-order valence-electron chi connectivity index (χ0n) is 16.3. The number of thiophene rings is 2.